The zero-order valence-corrected chi connectivity index (χ0v) is 15.8. The van der Waals surface area contributed by atoms with Crippen LogP contribution in [0.2, 0.25) is 10.3 Å². The van der Waals surface area contributed by atoms with E-state index in [4.69, 9.17) is 23.2 Å². The maximum atomic E-state index is 13.8. The molecule has 0 bridgehead atoms. The van der Waals surface area contributed by atoms with Crippen LogP contribution in [-0.2, 0) is 22.0 Å². The highest BCUT2D eigenvalue weighted by Crippen LogP contribution is 2.26. The molecule has 0 saturated carbocycles. The van der Waals surface area contributed by atoms with Gasteiger partial charge in [-0.05, 0) is 49.6 Å². The largest absolute Gasteiger partial charge is 0.228 e. The molecule has 0 unspecified atom stereocenters. The molecule has 2 aromatic rings. The van der Waals surface area contributed by atoms with Gasteiger partial charge in [0.2, 0.25) is 5.28 Å². The van der Waals surface area contributed by atoms with E-state index in [1.165, 1.54) is 0 Å². The fraction of sp³-hybridized carbons (Fsp3) is 0.375. The molecule has 0 fully saturated rings. The maximum absolute atomic E-state index is 13.8. The van der Waals surface area contributed by atoms with Gasteiger partial charge in [-0.3, -0.25) is 0 Å². The molecule has 8 heteroatoms. The van der Waals surface area contributed by atoms with E-state index in [1.54, 1.807) is 39.0 Å². The van der Waals surface area contributed by atoms with Crippen LogP contribution in [0.3, 0.4) is 0 Å². The lowest BCUT2D eigenvalue weighted by Gasteiger charge is -2.20. The Balaban J connectivity index is 2.34. The molecular weight excluding hydrogens is 374 g/mol. The summed E-state index contributed by atoms with van der Waals surface area (Å²) in [7, 11) is -3.38. The predicted octanol–water partition coefficient (Wildman–Crippen LogP) is 4.23. The number of hydrogen-bond acceptors (Lipinski definition) is 4. The zero-order chi connectivity index (χ0) is 18.1. The Bertz CT molecular complexity index is 865. The molecule has 1 heterocycles. The van der Waals surface area contributed by atoms with E-state index in [0.29, 0.717) is 16.1 Å². The molecule has 0 aliphatic rings. The van der Waals surface area contributed by atoms with Gasteiger partial charge in [-0.25, -0.2) is 22.8 Å². The molecule has 24 heavy (non-hydrogen) atoms. The number of aromatic nitrogens is 2. The molecule has 1 aromatic heterocycles. The first-order valence-corrected chi connectivity index (χ1v) is 9.57. The molecule has 0 spiro atoms. The lowest BCUT2D eigenvalue weighted by Crippen LogP contribution is -2.29. The highest BCUT2D eigenvalue weighted by atomic mass is 35.5. The number of nitrogens with zero attached hydrogens (tertiary/aromatic N) is 2. The maximum Gasteiger partial charge on any atom is 0.222 e. The molecule has 1 aromatic carbocycles. The van der Waals surface area contributed by atoms with Crippen LogP contribution < -0.4 is 0 Å². The summed E-state index contributed by atoms with van der Waals surface area (Å²) in [4.78, 5) is 7.43. The Kier molecular flexibility index (Phi) is 5.52. The van der Waals surface area contributed by atoms with Gasteiger partial charge >= 0.3 is 0 Å². The summed E-state index contributed by atoms with van der Waals surface area (Å²) in [6, 6.07) is 4.96. The van der Waals surface area contributed by atoms with Crippen molar-refractivity contribution in [3.63, 3.8) is 0 Å². The van der Waals surface area contributed by atoms with E-state index >= 15 is 0 Å². The standard InChI is InChI=1S/C16H17Cl2FN2O2S/c1-16(2,3)24(22,23)9-11-6-10(4-5-12(11)17)7-14-13(19)8-20-15(18)21-14/h4-6,8H,7,9H2,1-3H3. The van der Waals surface area contributed by atoms with Crippen LogP contribution in [0, 0.1) is 5.82 Å². The molecular formula is C16H17Cl2FN2O2S. The van der Waals surface area contributed by atoms with Gasteiger partial charge in [0.1, 0.15) is 0 Å². The lowest BCUT2D eigenvalue weighted by molar-refractivity contribution is 0.559. The van der Waals surface area contributed by atoms with Crippen LogP contribution in [0.5, 0.6) is 0 Å². The van der Waals surface area contributed by atoms with Crippen molar-refractivity contribution in [2.75, 3.05) is 0 Å². The molecule has 0 aliphatic carbocycles. The Labute approximate surface area is 151 Å². The average molecular weight is 391 g/mol. The van der Waals surface area contributed by atoms with Crippen molar-refractivity contribution in [2.24, 2.45) is 0 Å². The molecule has 0 N–H and O–H groups in total. The second kappa shape index (κ2) is 6.94. The summed E-state index contributed by atoms with van der Waals surface area (Å²) in [5.74, 6) is -0.755. The lowest BCUT2D eigenvalue weighted by atomic mass is 10.1. The topological polar surface area (TPSA) is 59.9 Å². The first-order chi connectivity index (χ1) is 11.0. The number of rotatable bonds is 4. The molecule has 2 rings (SSSR count). The molecule has 0 saturated heterocycles. The van der Waals surface area contributed by atoms with Crippen molar-refractivity contribution in [1.29, 1.82) is 0 Å². The number of sulfone groups is 1. The first kappa shape index (κ1) is 19.1. The van der Waals surface area contributed by atoms with E-state index in [0.717, 1.165) is 6.20 Å². The van der Waals surface area contributed by atoms with Crippen LogP contribution in [0.4, 0.5) is 4.39 Å². The summed E-state index contributed by atoms with van der Waals surface area (Å²) < 4.78 is 37.6. The molecule has 4 nitrogen and oxygen atoms in total. The van der Waals surface area contributed by atoms with Gasteiger partial charge in [0.15, 0.2) is 15.7 Å². The van der Waals surface area contributed by atoms with Crippen LogP contribution >= 0.6 is 23.2 Å². The Morgan fingerprint density at radius 2 is 1.88 bits per heavy atom. The van der Waals surface area contributed by atoms with Crippen molar-refractivity contribution in [3.8, 4) is 0 Å². The van der Waals surface area contributed by atoms with Crippen molar-refractivity contribution in [2.45, 2.75) is 37.7 Å². The summed E-state index contributed by atoms with van der Waals surface area (Å²) in [6.45, 7) is 4.91. The van der Waals surface area contributed by atoms with E-state index in [-0.39, 0.29) is 23.2 Å². The number of hydrogen-bond donors (Lipinski definition) is 0. The second-order valence-electron chi connectivity index (χ2n) is 6.41. The summed E-state index contributed by atoms with van der Waals surface area (Å²) in [5.41, 5.74) is 1.30. The monoisotopic (exact) mass is 390 g/mol. The van der Waals surface area contributed by atoms with E-state index in [2.05, 4.69) is 9.97 Å². The van der Waals surface area contributed by atoms with Gasteiger partial charge in [-0.2, -0.15) is 0 Å². The predicted molar refractivity (Wildman–Crippen MR) is 93.6 cm³/mol. The molecule has 0 amide bonds. The van der Waals surface area contributed by atoms with E-state index in [9.17, 15) is 12.8 Å². The van der Waals surface area contributed by atoms with Gasteiger partial charge in [0, 0.05) is 11.4 Å². The Morgan fingerprint density at radius 1 is 1.21 bits per heavy atom. The smallest absolute Gasteiger partial charge is 0.222 e. The highest BCUT2D eigenvalue weighted by Gasteiger charge is 2.29. The highest BCUT2D eigenvalue weighted by molar-refractivity contribution is 7.91. The van der Waals surface area contributed by atoms with Gasteiger partial charge < -0.3 is 0 Å². The van der Waals surface area contributed by atoms with Crippen LogP contribution in [0.25, 0.3) is 0 Å². The summed E-state index contributed by atoms with van der Waals surface area (Å²) in [6.07, 6.45) is 1.17. The third-order valence-corrected chi connectivity index (χ3v) is 6.66. The van der Waals surface area contributed by atoms with Crippen molar-refractivity contribution < 1.29 is 12.8 Å². The second-order valence-corrected chi connectivity index (χ2v) is 9.90. The Hall–Kier alpha value is -1.24. The van der Waals surface area contributed by atoms with E-state index in [1.807, 2.05) is 0 Å². The van der Waals surface area contributed by atoms with Crippen molar-refractivity contribution in [3.05, 3.63) is 57.3 Å². The fourth-order valence-corrected chi connectivity index (χ4v) is 3.46. The van der Waals surface area contributed by atoms with Gasteiger partial charge in [0.05, 0.1) is 22.4 Å². The van der Waals surface area contributed by atoms with E-state index < -0.39 is 20.4 Å². The van der Waals surface area contributed by atoms with Gasteiger partial charge in [-0.1, -0.05) is 23.7 Å². The molecule has 0 aliphatic heterocycles. The van der Waals surface area contributed by atoms with Gasteiger partial charge in [-0.15, -0.1) is 0 Å². The number of halogens is 3. The minimum Gasteiger partial charge on any atom is -0.228 e. The SMILES string of the molecule is CC(C)(C)S(=O)(=O)Cc1cc(Cc2nc(Cl)ncc2F)ccc1Cl. The third kappa shape index (κ3) is 4.43. The first-order valence-electron chi connectivity index (χ1n) is 7.16. The molecule has 130 valence electrons. The normalized spacial score (nSPS) is 12.4. The number of benzene rings is 1. The van der Waals surface area contributed by atoms with Crippen LogP contribution in [-0.4, -0.2) is 23.1 Å². The summed E-state index contributed by atoms with van der Waals surface area (Å²) in [5, 5.41) is 0.309. The molecule has 0 radical (unpaired) electrons. The quantitative estimate of drug-likeness (QED) is 0.732. The fourth-order valence-electron chi connectivity index (χ4n) is 1.97. The minimum atomic E-state index is -3.38. The third-order valence-electron chi connectivity index (χ3n) is 3.55. The minimum absolute atomic E-state index is 0.0455. The summed E-state index contributed by atoms with van der Waals surface area (Å²) >= 11 is 11.8. The molecule has 0 atom stereocenters. The van der Waals surface area contributed by atoms with Crippen molar-refractivity contribution >= 4 is 33.0 Å². The average Bonchev–Trinajstić information content (AvgIpc) is 2.45. The van der Waals surface area contributed by atoms with Crippen LogP contribution in [0.1, 0.15) is 37.6 Å². The van der Waals surface area contributed by atoms with Crippen molar-refractivity contribution in [1.82, 2.24) is 9.97 Å². The van der Waals surface area contributed by atoms with Crippen LogP contribution in [0.15, 0.2) is 24.4 Å². The van der Waals surface area contributed by atoms with Gasteiger partial charge in [0.25, 0.3) is 0 Å². The Morgan fingerprint density at radius 3 is 2.50 bits per heavy atom. The zero-order valence-electron chi connectivity index (χ0n) is 13.5.